The summed E-state index contributed by atoms with van der Waals surface area (Å²) in [5.41, 5.74) is 1.13. The second kappa shape index (κ2) is 7.22. The average molecular weight is 282 g/mol. The minimum absolute atomic E-state index is 0.533. The largest absolute Gasteiger partial charge is 0.317 e. The minimum Gasteiger partial charge on any atom is -0.317 e. The summed E-state index contributed by atoms with van der Waals surface area (Å²) in [6, 6.07) is 4.57. The molecule has 1 aliphatic rings. The minimum atomic E-state index is 0.533. The van der Waals surface area contributed by atoms with Crippen LogP contribution in [0.5, 0.6) is 0 Å². The number of nitrogens with zero attached hydrogens (tertiary/aromatic N) is 2. The number of halogens is 1. The molecule has 0 unspecified atom stereocenters. The summed E-state index contributed by atoms with van der Waals surface area (Å²) in [4.78, 5) is 6.68. The normalized spacial score (nSPS) is 17.3. The molecule has 1 aromatic heterocycles. The van der Waals surface area contributed by atoms with Gasteiger partial charge < -0.3 is 5.32 Å². The highest BCUT2D eigenvalue weighted by atomic mass is 35.5. The summed E-state index contributed by atoms with van der Waals surface area (Å²) in [6.07, 6.45) is 4.31. The van der Waals surface area contributed by atoms with E-state index in [1.807, 2.05) is 6.07 Å². The predicted octanol–water partition coefficient (Wildman–Crippen LogP) is 2.95. The molecule has 1 N–H and O–H groups in total. The van der Waals surface area contributed by atoms with Gasteiger partial charge >= 0.3 is 0 Å². The van der Waals surface area contributed by atoms with Crippen molar-refractivity contribution in [2.45, 2.75) is 39.3 Å². The molecule has 1 aromatic rings. The van der Waals surface area contributed by atoms with E-state index in [9.17, 15) is 0 Å². The van der Waals surface area contributed by atoms with Crippen molar-refractivity contribution in [2.75, 3.05) is 19.6 Å². The molecular weight excluding hydrogens is 258 g/mol. The number of aromatic nitrogens is 1. The fourth-order valence-corrected chi connectivity index (χ4v) is 2.79. The Hall–Kier alpha value is -0.640. The van der Waals surface area contributed by atoms with Gasteiger partial charge in [-0.15, -0.1) is 0 Å². The Balaban J connectivity index is 1.97. The molecule has 4 heteroatoms. The zero-order chi connectivity index (χ0) is 13.7. The predicted molar refractivity (Wildman–Crippen MR) is 80.4 cm³/mol. The number of nitrogens with one attached hydrogen (secondary N) is 1. The fourth-order valence-electron chi connectivity index (χ4n) is 2.61. The molecular formula is C15H24ClN3. The van der Waals surface area contributed by atoms with Crippen molar-refractivity contribution in [1.29, 1.82) is 0 Å². The van der Waals surface area contributed by atoms with Crippen LogP contribution in [-0.4, -0.2) is 35.6 Å². The van der Waals surface area contributed by atoms with E-state index in [1.165, 1.54) is 12.8 Å². The van der Waals surface area contributed by atoms with Gasteiger partial charge in [0.1, 0.15) is 5.15 Å². The van der Waals surface area contributed by atoms with Gasteiger partial charge in [0.25, 0.3) is 0 Å². The molecule has 0 amide bonds. The van der Waals surface area contributed by atoms with E-state index in [2.05, 4.69) is 35.1 Å². The van der Waals surface area contributed by atoms with Crippen molar-refractivity contribution in [1.82, 2.24) is 15.2 Å². The molecule has 3 nitrogen and oxygen atoms in total. The topological polar surface area (TPSA) is 28.2 Å². The molecule has 19 heavy (non-hydrogen) atoms. The number of piperidine rings is 1. The van der Waals surface area contributed by atoms with Crippen LogP contribution in [0.15, 0.2) is 18.3 Å². The molecule has 0 atom stereocenters. The zero-order valence-corrected chi connectivity index (χ0v) is 12.7. The highest BCUT2D eigenvalue weighted by Gasteiger charge is 2.19. The van der Waals surface area contributed by atoms with E-state index in [0.717, 1.165) is 37.7 Å². The third kappa shape index (κ3) is 4.44. The molecule has 2 heterocycles. The molecule has 0 aliphatic carbocycles. The maximum atomic E-state index is 6.17. The van der Waals surface area contributed by atoms with Crippen LogP contribution < -0.4 is 5.32 Å². The summed E-state index contributed by atoms with van der Waals surface area (Å²) in [6.45, 7) is 8.88. The third-order valence-electron chi connectivity index (χ3n) is 3.89. The van der Waals surface area contributed by atoms with E-state index in [4.69, 9.17) is 11.6 Å². The van der Waals surface area contributed by atoms with Gasteiger partial charge in [0.05, 0.1) is 0 Å². The van der Waals surface area contributed by atoms with Crippen LogP contribution in [0.4, 0.5) is 0 Å². The van der Waals surface area contributed by atoms with Gasteiger partial charge in [0.15, 0.2) is 0 Å². The van der Waals surface area contributed by atoms with E-state index in [-0.39, 0.29) is 0 Å². The quantitative estimate of drug-likeness (QED) is 0.841. The first-order valence-electron chi connectivity index (χ1n) is 7.21. The Morgan fingerprint density at radius 2 is 2.16 bits per heavy atom. The van der Waals surface area contributed by atoms with Gasteiger partial charge in [0, 0.05) is 30.9 Å². The molecule has 1 aliphatic heterocycles. The van der Waals surface area contributed by atoms with E-state index < -0.39 is 0 Å². The van der Waals surface area contributed by atoms with Gasteiger partial charge in [-0.05, 0) is 51.8 Å². The summed E-state index contributed by atoms with van der Waals surface area (Å²) in [7, 11) is 0. The summed E-state index contributed by atoms with van der Waals surface area (Å²) >= 11 is 6.17. The molecule has 0 spiro atoms. The second-order valence-corrected chi connectivity index (χ2v) is 6.03. The van der Waals surface area contributed by atoms with Crippen LogP contribution in [0.25, 0.3) is 0 Å². The fraction of sp³-hybridized carbons (Fsp3) is 0.667. The first-order valence-corrected chi connectivity index (χ1v) is 7.58. The Bertz CT molecular complexity index is 389. The van der Waals surface area contributed by atoms with E-state index >= 15 is 0 Å². The maximum absolute atomic E-state index is 6.17. The molecule has 0 aromatic carbocycles. The molecule has 0 saturated carbocycles. The first kappa shape index (κ1) is 14.8. The van der Waals surface area contributed by atoms with E-state index in [0.29, 0.717) is 11.2 Å². The van der Waals surface area contributed by atoms with Gasteiger partial charge in [-0.3, -0.25) is 4.90 Å². The summed E-state index contributed by atoms with van der Waals surface area (Å²) < 4.78 is 0. The summed E-state index contributed by atoms with van der Waals surface area (Å²) in [5, 5.41) is 4.06. The van der Waals surface area contributed by atoms with E-state index in [1.54, 1.807) is 6.20 Å². The molecule has 0 bridgehead atoms. The average Bonchev–Trinajstić information content (AvgIpc) is 2.41. The monoisotopic (exact) mass is 281 g/mol. The van der Waals surface area contributed by atoms with Gasteiger partial charge in [-0.1, -0.05) is 17.7 Å². The highest BCUT2D eigenvalue weighted by Crippen LogP contribution is 2.20. The lowest BCUT2D eigenvalue weighted by molar-refractivity contribution is 0.161. The van der Waals surface area contributed by atoms with Gasteiger partial charge in [-0.2, -0.15) is 0 Å². The van der Waals surface area contributed by atoms with Crippen LogP contribution in [0.1, 0.15) is 32.3 Å². The van der Waals surface area contributed by atoms with Crippen LogP contribution in [0.2, 0.25) is 5.15 Å². The SMILES string of the molecule is CC(C)N(Cc1cccnc1Cl)CC1CCNCC1. The maximum Gasteiger partial charge on any atom is 0.133 e. The summed E-state index contributed by atoms with van der Waals surface area (Å²) in [5.74, 6) is 0.805. The Morgan fingerprint density at radius 3 is 2.79 bits per heavy atom. The van der Waals surface area contributed by atoms with Crippen molar-refractivity contribution in [3.05, 3.63) is 29.0 Å². The second-order valence-electron chi connectivity index (χ2n) is 5.67. The van der Waals surface area contributed by atoms with Gasteiger partial charge in [0.2, 0.25) is 0 Å². The first-order chi connectivity index (χ1) is 9.16. The van der Waals surface area contributed by atoms with Crippen LogP contribution >= 0.6 is 11.6 Å². The van der Waals surface area contributed by atoms with Gasteiger partial charge in [-0.25, -0.2) is 4.98 Å². The number of hydrogen-bond donors (Lipinski definition) is 1. The number of pyridine rings is 1. The highest BCUT2D eigenvalue weighted by molar-refractivity contribution is 6.30. The smallest absolute Gasteiger partial charge is 0.133 e. The molecule has 1 saturated heterocycles. The molecule has 106 valence electrons. The lowest BCUT2D eigenvalue weighted by atomic mass is 9.97. The van der Waals surface area contributed by atoms with Crippen LogP contribution in [0.3, 0.4) is 0 Å². The molecule has 0 radical (unpaired) electrons. The number of rotatable bonds is 5. The third-order valence-corrected chi connectivity index (χ3v) is 4.23. The molecule has 2 rings (SSSR count). The van der Waals surface area contributed by atoms with Crippen LogP contribution in [-0.2, 0) is 6.54 Å². The number of hydrogen-bond acceptors (Lipinski definition) is 3. The van der Waals surface area contributed by atoms with Crippen molar-refractivity contribution in [3.8, 4) is 0 Å². The zero-order valence-electron chi connectivity index (χ0n) is 11.9. The Labute approximate surface area is 121 Å². The lowest BCUT2D eigenvalue weighted by Gasteiger charge is -2.32. The standard InChI is InChI=1S/C15H24ClN3/c1-12(2)19(10-13-5-8-17-9-6-13)11-14-4-3-7-18-15(14)16/h3-4,7,12-13,17H,5-6,8-11H2,1-2H3. The Kier molecular flexibility index (Phi) is 5.61. The van der Waals surface area contributed by atoms with Crippen molar-refractivity contribution < 1.29 is 0 Å². The van der Waals surface area contributed by atoms with Crippen molar-refractivity contribution >= 4 is 11.6 Å². The van der Waals surface area contributed by atoms with Crippen molar-refractivity contribution in [2.24, 2.45) is 5.92 Å². The molecule has 1 fully saturated rings. The van der Waals surface area contributed by atoms with Crippen molar-refractivity contribution in [3.63, 3.8) is 0 Å². The van der Waals surface area contributed by atoms with Crippen LogP contribution in [0, 0.1) is 5.92 Å². The lowest BCUT2D eigenvalue weighted by Crippen LogP contribution is -2.39. The Morgan fingerprint density at radius 1 is 1.42 bits per heavy atom.